The van der Waals surface area contributed by atoms with Crippen LogP contribution in [0.4, 0.5) is 0 Å². The zero-order valence-electron chi connectivity index (χ0n) is 5.26. The molecule has 1 aliphatic rings. The third-order valence-corrected chi connectivity index (χ3v) is 1.15. The Labute approximate surface area is 54.2 Å². The quantitative estimate of drug-likeness (QED) is 0.511. The molecule has 1 heterocycles. The third-order valence-electron chi connectivity index (χ3n) is 1.15. The van der Waals surface area contributed by atoms with Crippen molar-refractivity contribution in [2.45, 2.75) is 6.92 Å². The van der Waals surface area contributed by atoms with Crippen LogP contribution in [0.5, 0.6) is 0 Å². The molecule has 0 aromatic heterocycles. The maximum atomic E-state index is 9.02. The zero-order chi connectivity index (χ0) is 6.69. The number of nitrogens with one attached hydrogen (secondary N) is 1. The van der Waals surface area contributed by atoms with Crippen molar-refractivity contribution in [2.24, 2.45) is 0 Å². The molecule has 0 fully saturated rings. The van der Waals surface area contributed by atoms with Crippen LogP contribution in [0, 0.1) is 0 Å². The van der Waals surface area contributed by atoms with Crippen LogP contribution < -0.4 is 5.32 Å². The van der Waals surface area contributed by atoms with Crippen LogP contribution in [0.25, 0.3) is 0 Å². The summed E-state index contributed by atoms with van der Waals surface area (Å²) < 4.78 is 0. The Balaban J connectivity index is 2.85. The lowest BCUT2D eigenvalue weighted by Crippen LogP contribution is -2.03. The molecule has 0 unspecified atom stereocenters. The van der Waals surface area contributed by atoms with E-state index in [0.29, 0.717) is 0 Å². The summed E-state index contributed by atoms with van der Waals surface area (Å²) in [6, 6.07) is 0. The fourth-order valence-corrected chi connectivity index (χ4v) is 0.575. The predicted molar refractivity (Wildman–Crippen MR) is 36.7 cm³/mol. The molecule has 0 amide bonds. The average Bonchev–Trinajstić information content (AvgIpc) is 1.99. The summed E-state index contributed by atoms with van der Waals surface area (Å²) in [5, 5.41) is 11.7. The van der Waals surface area contributed by atoms with Crippen molar-refractivity contribution in [1.82, 2.24) is 5.32 Å². The fourth-order valence-electron chi connectivity index (χ4n) is 0.575. The average molecular weight is 123 g/mol. The van der Waals surface area contributed by atoms with E-state index < -0.39 is 0 Å². The molecule has 0 saturated heterocycles. The Morgan fingerprint density at radius 3 is 3.00 bits per heavy atom. The first-order valence-electron chi connectivity index (χ1n) is 2.80. The van der Waals surface area contributed by atoms with Crippen LogP contribution in [0.1, 0.15) is 6.92 Å². The van der Waals surface area contributed by atoms with Crippen LogP contribution in [0.15, 0.2) is 35.9 Å². The number of hydrogen-bond donors (Lipinski definition) is 2. The minimum absolute atomic E-state index is 0.222. The Bertz CT molecular complexity index is 189. The molecule has 0 aromatic rings. The monoisotopic (exact) mass is 123 g/mol. The summed E-state index contributed by atoms with van der Waals surface area (Å²) in [6.45, 7) is 1.84. The van der Waals surface area contributed by atoms with Gasteiger partial charge in [-0.25, -0.2) is 0 Å². The summed E-state index contributed by atoms with van der Waals surface area (Å²) in [7, 11) is 0. The SMILES string of the molecule is CC1=C(O)NC=CC=C1. The highest BCUT2D eigenvalue weighted by atomic mass is 16.3. The van der Waals surface area contributed by atoms with Gasteiger partial charge in [0.15, 0.2) is 5.88 Å². The van der Waals surface area contributed by atoms with Crippen molar-refractivity contribution in [3.8, 4) is 0 Å². The van der Waals surface area contributed by atoms with E-state index in [2.05, 4.69) is 5.32 Å². The fraction of sp³-hybridized carbons (Fsp3) is 0.143. The highest BCUT2D eigenvalue weighted by Crippen LogP contribution is 2.01. The number of aliphatic hydroxyl groups excluding tert-OH is 1. The second-order valence-corrected chi connectivity index (χ2v) is 1.89. The Kier molecular flexibility index (Phi) is 1.58. The molecule has 0 spiro atoms. The molecule has 48 valence electrons. The molecule has 0 aromatic carbocycles. The van der Waals surface area contributed by atoms with E-state index in [1.54, 1.807) is 6.20 Å². The molecule has 0 saturated carbocycles. The molecule has 2 N–H and O–H groups in total. The first-order chi connectivity index (χ1) is 4.30. The molecule has 9 heavy (non-hydrogen) atoms. The van der Waals surface area contributed by atoms with Gasteiger partial charge in [-0.2, -0.15) is 0 Å². The van der Waals surface area contributed by atoms with Gasteiger partial charge in [0.2, 0.25) is 0 Å². The number of allylic oxidation sites excluding steroid dienone is 4. The van der Waals surface area contributed by atoms with Gasteiger partial charge in [-0.05, 0) is 13.0 Å². The number of aliphatic hydroxyl groups is 1. The van der Waals surface area contributed by atoms with E-state index in [9.17, 15) is 0 Å². The summed E-state index contributed by atoms with van der Waals surface area (Å²) in [5.41, 5.74) is 0.847. The third kappa shape index (κ3) is 1.35. The molecule has 1 rings (SSSR count). The van der Waals surface area contributed by atoms with Gasteiger partial charge >= 0.3 is 0 Å². The minimum atomic E-state index is 0.222. The zero-order valence-corrected chi connectivity index (χ0v) is 5.26. The second-order valence-electron chi connectivity index (χ2n) is 1.89. The van der Waals surface area contributed by atoms with Gasteiger partial charge in [0.1, 0.15) is 0 Å². The highest BCUT2D eigenvalue weighted by molar-refractivity contribution is 5.25. The minimum Gasteiger partial charge on any atom is -0.494 e. The maximum Gasteiger partial charge on any atom is 0.191 e. The van der Waals surface area contributed by atoms with Crippen LogP contribution in [-0.2, 0) is 0 Å². The lowest BCUT2D eigenvalue weighted by Gasteiger charge is -1.97. The topological polar surface area (TPSA) is 32.3 Å². The highest BCUT2D eigenvalue weighted by Gasteiger charge is 1.93. The van der Waals surface area contributed by atoms with Gasteiger partial charge in [0.25, 0.3) is 0 Å². The van der Waals surface area contributed by atoms with E-state index >= 15 is 0 Å². The Morgan fingerprint density at radius 2 is 2.22 bits per heavy atom. The van der Waals surface area contributed by atoms with Gasteiger partial charge in [-0.1, -0.05) is 12.2 Å². The first-order valence-corrected chi connectivity index (χ1v) is 2.80. The maximum absolute atomic E-state index is 9.02. The standard InChI is InChI=1S/C7H9NO/c1-6-4-2-3-5-8-7(6)9/h2-5,8-9H,1H3. The van der Waals surface area contributed by atoms with E-state index in [1.165, 1.54) is 0 Å². The van der Waals surface area contributed by atoms with Crippen LogP contribution in [0.3, 0.4) is 0 Å². The van der Waals surface area contributed by atoms with Crippen molar-refractivity contribution in [3.05, 3.63) is 35.9 Å². The smallest absolute Gasteiger partial charge is 0.191 e. The van der Waals surface area contributed by atoms with E-state index in [-0.39, 0.29) is 5.88 Å². The van der Waals surface area contributed by atoms with Crippen LogP contribution >= 0.6 is 0 Å². The Morgan fingerprint density at radius 1 is 1.44 bits per heavy atom. The van der Waals surface area contributed by atoms with Gasteiger partial charge in [0.05, 0.1) is 0 Å². The molecule has 0 bridgehead atoms. The summed E-state index contributed by atoms with van der Waals surface area (Å²) in [6.07, 6.45) is 7.21. The molecule has 2 heteroatoms. The number of hydrogen-bond acceptors (Lipinski definition) is 2. The largest absolute Gasteiger partial charge is 0.494 e. The first kappa shape index (κ1) is 5.95. The van der Waals surface area contributed by atoms with Crippen molar-refractivity contribution < 1.29 is 5.11 Å². The molecule has 2 nitrogen and oxygen atoms in total. The van der Waals surface area contributed by atoms with Crippen molar-refractivity contribution in [2.75, 3.05) is 0 Å². The molecular formula is C7H9NO. The lowest BCUT2D eigenvalue weighted by molar-refractivity contribution is 0.378. The second kappa shape index (κ2) is 2.40. The van der Waals surface area contributed by atoms with Crippen LogP contribution in [-0.4, -0.2) is 5.11 Å². The molecular weight excluding hydrogens is 114 g/mol. The lowest BCUT2D eigenvalue weighted by atomic mass is 10.3. The van der Waals surface area contributed by atoms with Gasteiger partial charge in [0, 0.05) is 11.8 Å². The van der Waals surface area contributed by atoms with Crippen LogP contribution in [0.2, 0.25) is 0 Å². The van der Waals surface area contributed by atoms with Gasteiger partial charge in [-0.3, -0.25) is 0 Å². The number of rotatable bonds is 0. The summed E-state index contributed by atoms with van der Waals surface area (Å²) >= 11 is 0. The summed E-state index contributed by atoms with van der Waals surface area (Å²) in [4.78, 5) is 0. The van der Waals surface area contributed by atoms with E-state index in [4.69, 9.17) is 5.11 Å². The van der Waals surface area contributed by atoms with E-state index in [1.807, 2.05) is 25.2 Å². The van der Waals surface area contributed by atoms with Crippen molar-refractivity contribution in [3.63, 3.8) is 0 Å². The van der Waals surface area contributed by atoms with E-state index in [0.717, 1.165) is 5.57 Å². The normalized spacial score (nSPS) is 17.4. The predicted octanol–water partition coefficient (Wildman–Crippen LogP) is 1.45. The molecule has 0 atom stereocenters. The van der Waals surface area contributed by atoms with Gasteiger partial charge < -0.3 is 10.4 Å². The Hall–Kier alpha value is -1.18. The van der Waals surface area contributed by atoms with Crippen molar-refractivity contribution >= 4 is 0 Å². The summed E-state index contributed by atoms with van der Waals surface area (Å²) in [5.74, 6) is 0.222. The van der Waals surface area contributed by atoms with Crippen molar-refractivity contribution in [1.29, 1.82) is 0 Å². The van der Waals surface area contributed by atoms with Gasteiger partial charge in [-0.15, -0.1) is 0 Å². The molecule has 0 radical (unpaired) electrons. The molecule has 1 aliphatic heterocycles. The molecule has 0 aliphatic carbocycles.